The van der Waals surface area contributed by atoms with Crippen LogP contribution >= 0.6 is 0 Å². The third-order valence-corrected chi connectivity index (χ3v) is 15.6. The number of hydrogen-bond donors (Lipinski definition) is 1. The van der Waals surface area contributed by atoms with Gasteiger partial charge in [-0.2, -0.15) is 0 Å². The minimum atomic E-state index is -2.65. The summed E-state index contributed by atoms with van der Waals surface area (Å²) in [5.41, 5.74) is 0.276. The smallest absolute Gasteiger partial charge is 0.261 e. The third-order valence-electron chi connectivity index (χ3n) is 10.4. The summed E-state index contributed by atoms with van der Waals surface area (Å²) in [5.74, 6) is -1.30. The van der Waals surface area contributed by atoms with E-state index >= 15 is 0 Å². The molecule has 1 aliphatic rings. The Balaban J connectivity index is 1.49. The van der Waals surface area contributed by atoms with Gasteiger partial charge in [0.25, 0.3) is 8.32 Å². The maximum atomic E-state index is 14.4. The Morgan fingerprint density at radius 2 is 1.40 bits per heavy atom. The summed E-state index contributed by atoms with van der Waals surface area (Å²) in [6, 6.07) is 31.6. The van der Waals surface area contributed by atoms with Gasteiger partial charge in [0.15, 0.2) is 5.79 Å². The van der Waals surface area contributed by atoms with Crippen LogP contribution in [0.2, 0.25) is 5.04 Å². The van der Waals surface area contributed by atoms with Crippen molar-refractivity contribution < 1.29 is 23.8 Å². The van der Waals surface area contributed by atoms with Crippen molar-refractivity contribution >= 4 is 24.5 Å². The molecule has 1 heterocycles. The van der Waals surface area contributed by atoms with Gasteiger partial charge in [0.2, 0.25) is 0 Å². The standard InChI is InChI=1S/C42H60O5Si/c1-31(20-19-21-32(2)47-48(40(3,4)5,34-24-15-11-16-25-34)35-26-17-12-18-27-35)38(43)36(30-33-22-13-10-14-23-33)39(44)41(6,7)37-28-29-45-42(8,9)46-37/h10-18,22-27,31-32,36-38,43H,19-21,28-30H2,1-9H3/t31-,32?,36?,37-,38-/m0/s1. The number of aliphatic hydroxyl groups excluding tert-OH is 1. The lowest BCUT2D eigenvalue weighted by atomic mass is 9.70. The molecule has 3 aromatic carbocycles. The minimum Gasteiger partial charge on any atom is -0.405 e. The lowest BCUT2D eigenvalue weighted by Crippen LogP contribution is -2.67. The fourth-order valence-electron chi connectivity index (χ4n) is 7.58. The summed E-state index contributed by atoms with van der Waals surface area (Å²) in [5, 5.41) is 14.4. The predicted molar refractivity (Wildman–Crippen MR) is 199 cm³/mol. The number of aliphatic hydroxyl groups is 1. The van der Waals surface area contributed by atoms with Gasteiger partial charge in [-0.25, -0.2) is 0 Å². The van der Waals surface area contributed by atoms with Gasteiger partial charge in [-0.05, 0) is 73.3 Å². The van der Waals surface area contributed by atoms with Gasteiger partial charge >= 0.3 is 0 Å². The summed E-state index contributed by atoms with van der Waals surface area (Å²) in [6.07, 6.45) is 2.67. The van der Waals surface area contributed by atoms with Gasteiger partial charge < -0.3 is 19.0 Å². The average molecular weight is 673 g/mol. The highest BCUT2D eigenvalue weighted by Crippen LogP contribution is 2.40. The molecule has 0 radical (unpaired) electrons. The number of Topliss-reactive ketones (excluding diaryl/α,β-unsaturated/α-hetero) is 1. The number of carbonyl (C=O) groups is 1. The van der Waals surface area contributed by atoms with E-state index in [0.29, 0.717) is 19.4 Å². The van der Waals surface area contributed by atoms with Crippen LogP contribution in [0.1, 0.15) is 93.6 Å². The van der Waals surface area contributed by atoms with Crippen molar-refractivity contribution in [1.29, 1.82) is 0 Å². The first-order chi connectivity index (χ1) is 22.6. The number of hydrogen-bond acceptors (Lipinski definition) is 5. The molecule has 2 unspecified atom stereocenters. The molecule has 0 aromatic heterocycles. The van der Waals surface area contributed by atoms with E-state index in [4.69, 9.17) is 13.9 Å². The molecule has 262 valence electrons. The monoisotopic (exact) mass is 672 g/mol. The molecule has 0 bridgehead atoms. The minimum absolute atomic E-state index is 0.0235. The van der Waals surface area contributed by atoms with Crippen molar-refractivity contribution in [2.45, 2.75) is 124 Å². The number of rotatable bonds is 15. The molecule has 0 amide bonds. The summed E-state index contributed by atoms with van der Waals surface area (Å²) < 4.78 is 19.4. The average Bonchev–Trinajstić information content (AvgIpc) is 3.05. The fraction of sp³-hybridized carbons (Fsp3) is 0.548. The number of ketones is 1. The van der Waals surface area contributed by atoms with E-state index in [2.05, 4.69) is 95.3 Å². The van der Waals surface area contributed by atoms with Crippen molar-refractivity contribution in [1.82, 2.24) is 0 Å². The van der Waals surface area contributed by atoms with E-state index in [0.717, 1.165) is 24.8 Å². The van der Waals surface area contributed by atoms with Crippen LogP contribution in [0.15, 0.2) is 91.0 Å². The van der Waals surface area contributed by atoms with Gasteiger partial charge in [-0.15, -0.1) is 0 Å². The Morgan fingerprint density at radius 3 is 1.90 bits per heavy atom. The third kappa shape index (κ3) is 8.94. The SMILES string of the molecule is CC(CCC[C@H](C)[C@H](O)C(Cc1ccccc1)C(=O)C(C)(C)[C@@H]1CCOC(C)(C)O1)O[Si](c1ccccc1)(c1ccccc1)C(C)(C)C. The van der Waals surface area contributed by atoms with E-state index < -0.39 is 31.5 Å². The first-order valence-electron chi connectivity index (χ1n) is 18.0. The van der Waals surface area contributed by atoms with E-state index in [1.54, 1.807) is 0 Å². The molecule has 0 spiro atoms. The van der Waals surface area contributed by atoms with Crippen LogP contribution in [0.5, 0.6) is 0 Å². The Hall–Kier alpha value is -2.61. The van der Waals surface area contributed by atoms with Crippen LogP contribution in [0.4, 0.5) is 0 Å². The lowest BCUT2D eigenvalue weighted by molar-refractivity contribution is -0.289. The Bertz CT molecular complexity index is 1380. The summed E-state index contributed by atoms with van der Waals surface area (Å²) in [6.45, 7) is 19.5. The summed E-state index contributed by atoms with van der Waals surface area (Å²) >= 11 is 0. The van der Waals surface area contributed by atoms with Crippen molar-refractivity contribution in [3.05, 3.63) is 96.6 Å². The zero-order valence-electron chi connectivity index (χ0n) is 30.9. The molecular weight excluding hydrogens is 613 g/mol. The topological polar surface area (TPSA) is 65.0 Å². The molecule has 0 aliphatic carbocycles. The molecule has 48 heavy (non-hydrogen) atoms. The lowest BCUT2D eigenvalue weighted by Gasteiger charge is -2.45. The first kappa shape index (κ1) is 38.2. The van der Waals surface area contributed by atoms with Crippen LogP contribution in [-0.4, -0.2) is 49.9 Å². The second-order valence-electron chi connectivity index (χ2n) is 16.0. The molecular formula is C42H60O5Si. The van der Waals surface area contributed by atoms with E-state index in [-0.39, 0.29) is 28.9 Å². The van der Waals surface area contributed by atoms with Gasteiger partial charge in [0.05, 0.1) is 24.2 Å². The van der Waals surface area contributed by atoms with Crippen LogP contribution < -0.4 is 10.4 Å². The zero-order valence-corrected chi connectivity index (χ0v) is 31.9. The number of ether oxygens (including phenoxy) is 2. The molecule has 6 heteroatoms. The van der Waals surface area contributed by atoms with Crippen molar-refractivity contribution in [2.24, 2.45) is 17.3 Å². The van der Waals surface area contributed by atoms with Crippen molar-refractivity contribution in [2.75, 3.05) is 6.61 Å². The molecule has 5 nitrogen and oxygen atoms in total. The van der Waals surface area contributed by atoms with Gasteiger partial charge in [0.1, 0.15) is 5.78 Å². The number of benzene rings is 3. The molecule has 1 aliphatic heterocycles. The molecule has 1 saturated heterocycles. The largest absolute Gasteiger partial charge is 0.405 e. The van der Waals surface area contributed by atoms with Crippen molar-refractivity contribution in [3.63, 3.8) is 0 Å². The maximum absolute atomic E-state index is 14.4. The molecule has 0 saturated carbocycles. The zero-order chi connectivity index (χ0) is 35.2. The van der Waals surface area contributed by atoms with Gasteiger partial charge in [0, 0.05) is 12.0 Å². The second kappa shape index (κ2) is 15.9. The predicted octanol–water partition coefficient (Wildman–Crippen LogP) is 8.11. The molecule has 3 aromatic rings. The van der Waals surface area contributed by atoms with Crippen LogP contribution in [0.25, 0.3) is 0 Å². The quantitative estimate of drug-likeness (QED) is 0.165. The van der Waals surface area contributed by atoms with Crippen LogP contribution in [-0.2, 0) is 25.1 Å². The van der Waals surface area contributed by atoms with Gasteiger partial charge in [-0.1, -0.05) is 139 Å². The normalized spacial score (nSPS) is 19.7. The first-order valence-corrected chi connectivity index (χ1v) is 19.9. The number of carbonyl (C=O) groups excluding carboxylic acids is 1. The van der Waals surface area contributed by atoms with E-state index in [9.17, 15) is 9.90 Å². The summed E-state index contributed by atoms with van der Waals surface area (Å²) in [7, 11) is -2.65. The van der Waals surface area contributed by atoms with Crippen molar-refractivity contribution in [3.8, 4) is 0 Å². The second-order valence-corrected chi connectivity index (χ2v) is 20.3. The van der Waals surface area contributed by atoms with Crippen LogP contribution in [0.3, 0.4) is 0 Å². The molecule has 4 rings (SSSR count). The molecule has 1 fully saturated rings. The van der Waals surface area contributed by atoms with Gasteiger partial charge in [-0.3, -0.25) is 4.79 Å². The Morgan fingerprint density at radius 1 is 0.875 bits per heavy atom. The highest BCUT2D eigenvalue weighted by atomic mass is 28.4. The highest BCUT2D eigenvalue weighted by molar-refractivity contribution is 6.99. The van der Waals surface area contributed by atoms with E-state index in [1.807, 2.05) is 58.0 Å². The highest BCUT2D eigenvalue weighted by Gasteiger charge is 2.51. The van der Waals surface area contributed by atoms with E-state index in [1.165, 1.54) is 10.4 Å². The Labute approximate surface area is 291 Å². The molecule has 5 atom stereocenters. The Kier molecular flexibility index (Phi) is 12.7. The van der Waals surface area contributed by atoms with Crippen LogP contribution in [0, 0.1) is 17.3 Å². The maximum Gasteiger partial charge on any atom is 0.261 e. The molecule has 1 N–H and O–H groups in total. The summed E-state index contributed by atoms with van der Waals surface area (Å²) in [4.78, 5) is 14.4. The fourth-order valence-corrected chi connectivity index (χ4v) is 12.3.